The minimum atomic E-state index is -4.80. The Kier molecular flexibility index (Phi) is 5.38. The standard InChI is InChI=1S/C23H15F4N3O2S/c1-33(31,32)29-18-4-2-15-6-7-30(22(15)12-18)19-9-14(13-28)8-16(10-19)20-5-3-17(24)11-21(20)23(25,26)27/h2-12,29H,1H3. The average Bonchev–Trinajstić information content (AvgIpc) is 3.14. The molecule has 1 heterocycles. The Hall–Kier alpha value is -3.84. The van der Waals surface area contributed by atoms with Gasteiger partial charge in [-0.25, -0.2) is 12.8 Å². The van der Waals surface area contributed by atoms with Crippen molar-refractivity contribution in [3.05, 3.63) is 83.8 Å². The number of fused-ring (bicyclic) bond motifs is 1. The zero-order valence-corrected chi connectivity index (χ0v) is 17.8. The molecule has 1 aromatic heterocycles. The van der Waals surface area contributed by atoms with Gasteiger partial charge in [-0.2, -0.15) is 18.4 Å². The second-order valence-electron chi connectivity index (χ2n) is 7.40. The summed E-state index contributed by atoms with van der Waals surface area (Å²) in [7, 11) is -3.52. The van der Waals surface area contributed by atoms with Crippen LogP contribution in [0, 0.1) is 17.1 Å². The average molecular weight is 473 g/mol. The molecule has 5 nitrogen and oxygen atoms in total. The molecule has 3 aromatic carbocycles. The van der Waals surface area contributed by atoms with Crippen LogP contribution in [0.15, 0.2) is 66.9 Å². The number of anilines is 1. The molecule has 10 heteroatoms. The molecule has 4 rings (SSSR count). The van der Waals surface area contributed by atoms with Gasteiger partial charge >= 0.3 is 6.18 Å². The molecule has 0 atom stereocenters. The van der Waals surface area contributed by atoms with Gasteiger partial charge in [-0.15, -0.1) is 0 Å². The van der Waals surface area contributed by atoms with Crippen molar-refractivity contribution in [3.63, 3.8) is 0 Å². The summed E-state index contributed by atoms with van der Waals surface area (Å²) in [5.41, 5.74) is 0.0295. The van der Waals surface area contributed by atoms with Crippen LogP contribution in [0.4, 0.5) is 23.2 Å². The quantitative estimate of drug-likeness (QED) is 0.387. The Morgan fingerprint density at radius 1 is 1.00 bits per heavy atom. The number of aromatic nitrogens is 1. The van der Waals surface area contributed by atoms with Crippen molar-refractivity contribution in [1.29, 1.82) is 5.26 Å². The fourth-order valence-corrected chi connectivity index (χ4v) is 4.16. The van der Waals surface area contributed by atoms with Gasteiger partial charge in [-0.05, 0) is 59.7 Å². The molecule has 0 aliphatic heterocycles. The second kappa shape index (κ2) is 7.94. The van der Waals surface area contributed by atoms with Crippen molar-refractivity contribution in [1.82, 2.24) is 4.57 Å². The summed E-state index contributed by atoms with van der Waals surface area (Å²) in [5.74, 6) is -1.02. The largest absolute Gasteiger partial charge is 0.417 e. The second-order valence-corrected chi connectivity index (χ2v) is 9.15. The lowest BCUT2D eigenvalue weighted by Gasteiger charge is -2.15. The highest BCUT2D eigenvalue weighted by Gasteiger charge is 2.34. The van der Waals surface area contributed by atoms with Crippen molar-refractivity contribution < 1.29 is 26.0 Å². The van der Waals surface area contributed by atoms with Crippen LogP contribution in [0.1, 0.15) is 11.1 Å². The molecular formula is C23H15F4N3O2S. The van der Waals surface area contributed by atoms with E-state index in [2.05, 4.69) is 4.72 Å². The lowest BCUT2D eigenvalue weighted by atomic mass is 9.97. The maximum atomic E-state index is 13.6. The topological polar surface area (TPSA) is 74.9 Å². The van der Waals surface area contributed by atoms with Crippen LogP contribution in [-0.2, 0) is 16.2 Å². The number of rotatable bonds is 4. The maximum absolute atomic E-state index is 13.6. The molecule has 0 aliphatic rings. The van der Waals surface area contributed by atoms with Gasteiger partial charge < -0.3 is 4.57 Å². The number of alkyl halides is 3. The molecule has 168 valence electrons. The SMILES string of the molecule is CS(=O)(=O)Nc1ccc2ccn(-c3cc(C#N)cc(-c4ccc(F)cc4C(F)(F)F)c3)c2c1. The fourth-order valence-electron chi connectivity index (χ4n) is 3.60. The van der Waals surface area contributed by atoms with Crippen LogP contribution in [0.2, 0.25) is 0 Å². The maximum Gasteiger partial charge on any atom is 0.417 e. The van der Waals surface area contributed by atoms with Crippen LogP contribution < -0.4 is 4.72 Å². The van der Waals surface area contributed by atoms with Crippen LogP contribution >= 0.6 is 0 Å². The summed E-state index contributed by atoms with van der Waals surface area (Å²) >= 11 is 0. The molecule has 0 bridgehead atoms. The van der Waals surface area contributed by atoms with E-state index in [9.17, 15) is 31.2 Å². The van der Waals surface area contributed by atoms with Gasteiger partial charge in [0.05, 0.1) is 34.7 Å². The number of halogens is 4. The Labute approximate surface area is 186 Å². The molecule has 0 saturated heterocycles. The Balaban J connectivity index is 1.92. The summed E-state index contributed by atoms with van der Waals surface area (Å²) < 4.78 is 81.4. The van der Waals surface area contributed by atoms with Crippen molar-refractivity contribution in [2.24, 2.45) is 0 Å². The molecular weight excluding hydrogens is 458 g/mol. The lowest BCUT2D eigenvalue weighted by Crippen LogP contribution is -2.09. The van der Waals surface area contributed by atoms with Gasteiger partial charge in [-0.3, -0.25) is 4.72 Å². The van der Waals surface area contributed by atoms with Gasteiger partial charge in [0.2, 0.25) is 10.0 Å². The van der Waals surface area contributed by atoms with E-state index in [0.717, 1.165) is 23.8 Å². The molecule has 1 N–H and O–H groups in total. The Morgan fingerprint density at radius 3 is 2.42 bits per heavy atom. The molecule has 0 radical (unpaired) electrons. The molecule has 33 heavy (non-hydrogen) atoms. The third-order valence-corrected chi connectivity index (χ3v) is 5.53. The van der Waals surface area contributed by atoms with E-state index in [0.29, 0.717) is 23.0 Å². The van der Waals surface area contributed by atoms with Gasteiger partial charge in [0.1, 0.15) is 5.82 Å². The Morgan fingerprint density at radius 2 is 1.76 bits per heavy atom. The van der Waals surface area contributed by atoms with E-state index in [1.54, 1.807) is 35.0 Å². The summed E-state index contributed by atoms with van der Waals surface area (Å²) in [6.07, 6.45) is -2.13. The number of sulfonamides is 1. The number of benzene rings is 3. The first-order valence-electron chi connectivity index (χ1n) is 9.46. The zero-order chi connectivity index (χ0) is 24.0. The van der Waals surface area contributed by atoms with Gasteiger partial charge in [0, 0.05) is 17.3 Å². The summed E-state index contributed by atoms with van der Waals surface area (Å²) in [6, 6.07) is 15.2. The lowest BCUT2D eigenvalue weighted by molar-refractivity contribution is -0.137. The molecule has 0 saturated carbocycles. The highest BCUT2D eigenvalue weighted by Crippen LogP contribution is 2.38. The number of hydrogen-bond acceptors (Lipinski definition) is 3. The first-order valence-corrected chi connectivity index (χ1v) is 11.4. The van der Waals surface area contributed by atoms with Crippen LogP contribution in [0.3, 0.4) is 0 Å². The predicted octanol–water partition coefficient (Wildman–Crippen LogP) is 5.70. The Bertz CT molecular complexity index is 1530. The van der Waals surface area contributed by atoms with Crippen molar-refractivity contribution >= 4 is 26.6 Å². The monoisotopic (exact) mass is 473 g/mol. The fraction of sp³-hybridized carbons (Fsp3) is 0.0870. The third kappa shape index (κ3) is 4.68. The molecule has 0 spiro atoms. The first kappa shape index (κ1) is 22.4. The van der Waals surface area contributed by atoms with E-state index in [4.69, 9.17) is 0 Å². The molecule has 0 aliphatic carbocycles. The summed E-state index contributed by atoms with van der Waals surface area (Å²) in [4.78, 5) is 0. The van der Waals surface area contributed by atoms with E-state index in [1.807, 2.05) is 6.07 Å². The third-order valence-electron chi connectivity index (χ3n) is 4.92. The minimum absolute atomic E-state index is 0.0867. The predicted molar refractivity (Wildman–Crippen MR) is 117 cm³/mol. The van der Waals surface area contributed by atoms with E-state index < -0.39 is 27.6 Å². The smallest absolute Gasteiger partial charge is 0.316 e. The summed E-state index contributed by atoms with van der Waals surface area (Å²) in [5, 5.41) is 10.2. The zero-order valence-electron chi connectivity index (χ0n) is 17.0. The van der Waals surface area contributed by atoms with E-state index >= 15 is 0 Å². The van der Waals surface area contributed by atoms with E-state index in [-0.39, 0.29) is 16.7 Å². The molecule has 4 aromatic rings. The van der Waals surface area contributed by atoms with Crippen LogP contribution in [0.25, 0.3) is 27.7 Å². The highest BCUT2D eigenvalue weighted by atomic mass is 32.2. The first-order chi connectivity index (χ1) is 15.4. The molecule has 0 unspecified atom stereocenters. The van der Waals surface area contributed by atoms with Crippen molar-refractivity contribution in [3.8, 4) is 22.9 Å². The normalized spacial score (nSPS) is 12.0. The van der Waals surface area contributed by atoms with Crippen LogP contribution in [-0.4, -0.2) is 19.2 Å². The van der Waals surface area contributed by atoms with Gasteiger partial charge in [0.15, 0.2) is 0 Å². The molecule has 0 amide bonds. The minimum Gasteiger partial charge on any atom is -0.316 e. The van der Waals surface area contributed by atoms with Gasteiger partial charge in [-0.1, -0.05) is 12.1 Å². The number of nitrogens with one attached hydrogen (secondary N) is 1. The van der Waals surface area contributed by atoms with Crippen LogP contribution in [0.5, 0.6) is 0 Å². The summed E-state index contributed by atoms with van der Waals surface area (Å²) in [6.45, 7) is 0. The van der Waals surface area contributed by atoms with E-state index in [1.165, 1.54) is 18.2 Å². The van der Waals surface area contributed by atoms with Gasteiger partial charge in [0.25, 0.3) is 0 Å². The number of nitrogens with zero attached hydrogens (tertiary/aromatic N) is 2. The number of nitriles is 1. The molecule has 0 fully saturated rings. The van der Waals surface area contributed by atoms with Crippen molar-refractivity contribution in [2.75, 3.05) is 11.0 Å². The number of hydrogen-bond donors (Lipinski definition) is 1. The van der Waals surface area contributed by atoms with Crippen molar-refractivity contribution in [2.45, 2.75) is 6.18 Å². The highest BCUT2D eigenvalue weighted by molar-refractivity contribution is 7.92.